The number of rotatable bonds is 2. The van der Waals surface area contributed by atoms with Crippen LogP contribution in [0.15, 0.2) is 28.4 Å². The molecule has 0 atom stereocenters. The van der Waals surface area contributed by atoms with Crippen molar-refractivity contribution < 1.29 is 8.78 Å². The Hall–Kier alpha value is -1.92. The molecule has 0 aromatic heterocycles. The van der Waals surface area contributed by atoms with E-state index < -0.39 is 11.6 Å². The maximum atomic E-state index is 13.2. The lowest BCUT2D eigenvalue weighted by molar-refractivity contribution is 0.598. The zero-order valence-corrected chi connectivity index (χ0v) is 9.35. The highest BCUT2D eigenvalue weighted by molar-refractivity contribution is 9.10. The summed E-state index contributed by atoms with van der Waals surface area (Å²) in [6.45, 7) is 0. The topological polar surface area (TPSA) is 59.6 Å². The third-order valence-corrected chi connectivity index (χ3v) is 2.23. The van der Waals surface area contributed by atoms with Crippen LogP contribution >= 0.6 is 15.9 Å². The molecule has 0 spiro atoms. The number of hydrogen-bond acceptors (Lipinski definition) is 3. The maximum Gasteiger partial charge on any atom is 0.147 e. The quantitative estimate of drug-likeness (QED) is 0.670. The van der Waals surface area contributed by atoms with Crippen LogP contribution in [0.2, 0.25) is 0 Å². The standard InChI is InChI=1S/C10H4BrF2N3/c11-7-1-9(13)10(2-8(7)12)16-5-6(3-14)4-15/h1-2,5,16H. The third-order valence-electron chi connectivity index (χ3n) is 1.62. The normalized spacial score (nSPS) is 8.81. The summed E-state index contributed by atoms with van der Waals surface area (Å²) in [4.78, 5) is 0. The number of allylic oxidation sites excluding steroid dienone is 1. The van der Waals surface area contributed by atoms with E-state index >= 15 is 0 Å². The van der Waals surface area contributed by atoms with Crippen LogP contribution in [-0.4, -0.2) is 0 Å². The smallest absolute Gasteiger partial charge is 0.147 e. The lowest BCUT2D eigenvalue weighted by Gasteiger charge is -2.03. The highest BCUT2D eigenvalue weighted by Gasteiger charge is 2.07. The van der Waals surface area contributed by atoms with E-state index in [-0.39, 0.29) is 15.7 Å². The first kappa shape index (κ1) is 12.2. The highest BCUT2D eigenvalue weighted by Crippen LogP contribution is 2.23. The molecule has 3 nitrogen and oxygen atoms in total. The van der Waals surface area contributed by atoms with Crippen LogP contribution < -0.4 is 5.32 Å². The van der Waals surface area contributed by atoms with Crippen LogP contribution in [0.1, 0.15) is 0 Å². The Morgan fingerprint density at radius 1 is 1.25 bits per heavy atom. The van der Waals surface area contributed by atoms with Crippen LogP contribution in [0.4, 0.5) is 14.5 Å². The van der Waals surface area contributed by atoms with Gasteiger partial charge in [0, 0.05) is 12.3 Å². The molecule has 1 N–H and O–H groups in total. The number of nitriles is 2. The Morgan fingerprint density at radius 3 is 2.44 bits per heavy atom. The fourth-order valence-electron chi connectivity index (χ4n) is 0.873. The predicted octanol–water partition coefficient (Wildman–Crippen LogP) is 3.07. The Morgan fingerprint density at radius 2 is 1.88 bits per heavy atom. The Bertz CT molecular complexity index is 510. The fraction of sp³-hybridized carbons (Fsp3) is 0. The van der Waals surface area contributed by atoms with Gasteiger partial charge in [0.25, 0.3) is 0 Å². The van der Waals surface area contributed by atoms with Gasteiger partial charge < -0.3 is 5.32 Å². The minimum Gasteiger partial charge on any atom is -0.357 e. The van der Waals surface area contributed by atoms with Gasteiger partial charge in [-0.3, -0.25) is 0 Å². The number of nitrogens with one attached hydrogen (secondary N) is 1. The minimum absolute atomic E-state index is 0.000296. The van der Waals surface area contributed by atoms with Crippen molar-refractivity contribution in [3.05, 3.63) is 40.0 Å². The summed E-state index contributed by atoms with van der Waals surface area (Å²) in [5.74, 6) is -1.34. The zero-order chi connectivity index (χ0) is 12.1. The second-order valence-electron chi connectivity index (χ2n) is 2.67. The molecule has 0 aliphatic carbocycles. The number of halogens is 3. The van der Waals surface area contributed by atoms with E-state index in [9.17, 15) is 8.78 Å². The molecule has 0 aliphatic heterocycles. The van der Waals surface area contributed by atoms with Crippen molar-refractivity contribution >= 4 is 21.6 Å². The predicted molar refractivity (Wildman–Crippen MR) is 57.0 cm³/mol. The molecule has 0 amide bonds. The Labute approximate surface area is 98.7 Å². The average Bonchev–Trinajstić information content (AvgIpc) is 2.26. The van der Waals surface area contributed by atoms with Gasteiger partial charge >= 0.3 is 0 Å². The number of anilines is 1. The minimum atomic E-state index is -0.695. The molecule has 0 unspecified atom stereocenters. The van der Waals surface area contributed by atoms with Crippen molar-refractivity contribution in [2.75, 3.05) is 5.32 Å². The van der Waals surface area contributed by atoms with Gasteiger partial charge in [-0.25, -0.2) is 8.78 Å². The van der Waals surface area contributed by atoms with Crippen LogP contribution in [0.3, 0.4) is 0 Å². The van der Waals surface area contributed by atoms with Gasteiger partial charge in [-0.05, 0) is 22.0 Å². The molecule has 16 heavy (non-hydrogen) atoms. The number of benzene rings is 1. The summed E-state index contributed by atoms with van der Waals surface area (Å²) in [6, 6.07) is 5.03. The van der Waals surface area contributed by atoms with E-state index in [0.717, 1.165) is 18.3 Å². The highest BCUT2D eigenvalue weighted by atomic mass is 79.9. The van der Waals surface area contributed by atoms with Gasteiger partial charge in [-0.15, -0.1) is 0 Å². The van der Waals surface area contributed by atoms with Gasteiger partial charge in [0.2, 0.25) is 0 Å². The summed E-state index contributed by atoms with van der Waals surface area (Å²) in [7, 11) is 0. The van der Waals surface area contributed by atoms with E-state index in [1.165, 1.54) is 0 Å². The van der Waals surface area contributed by atoms with E-state index in [2.05, 4.69) is 21.2 Å². The van der Waals surface area contributed by atoms with Gasteiger partial charge in [0.15, 0.2) is 0 Å². The molecule has 0 saturated heterocycles. The van der Waals surface area contributed by atoms with Gasteiger partial charge in [-0.2, -0.15) is 10.5 Å². The molecule has 0 aliphatic rings. The van der Waals surface area contributed by atoms with Crippen molar-refractivity contribution in [1.82, 2.24) is 0 Å². The Balaban J connectivity index is 3.01. The summed E-state index contributed by atoms with van der Waals surface area (Å²) in [5.41, 5.74) is -0.383. The number of hydrogen-bond donors (Lipinski definition) is 1. The Kier molecular flexibility index (Phi) is 3.98. The van der Waals surface area contributed by atoms with Crippen molar-refractivity contribution in [2.24, 2.45) is 0 Å². The van der Waals surface area contributed by atoms with Crippen LogP contribution in [0, 0.1) is 34.3 Å². The van der Waals surface area contributed by atoms with Crippen LogP contribution in [0.5, 0.6) is 0 Å². The lowest BCUT2D eigenvalue weighted by atomic mass is 10.3. The summed E-state index contributed by atoms with van der Waals surface area (Å²) < 4.78 is 26.3. The SMILES string of the molecule is N#CC(C#N)=CNc1cc(F)c(Br)cc1F. The number of nitrogens with zero attached hydrogens (tertiary/aromatic N) is 2. The molecule has 0 radical (unpaired) electrons. The first-order valence-electron chi connectivity index (χ1n) is 4.00. The van der Waals surface area contributed by atoms with Gasteiger partial charge in [0.1, 0.15) is 29.3 Å². The second kappa shape index (κ2) is 5.24. The molecule has 1 aromatic carbocycles. The molecule has 0 fully saturated rings. The van der Waals surface area contributed by atoms with Crippen molar-refractivity contribution in [1.29, 1.82) is 10.5 Å². The summed E-state index contributed by atoms with van der Waals surface area (Å²) in [6.07, 6.45) is 1.01. The summed E-state index contributed by atoms with van der Waals surface area (Å²) >= 11 is 2.82. The van der Waals surface area contributed by atoms with E-state index in [1.807, 2.05) is 0 Å². The van der Waals surface area contributed by atoms with Crippen molar-refractivity contribution in [2.45, 2.75) is 0 Å². The first-order chi connectivity index (χ1) is 7.58. The van der Waals surface area contributed by atoms with E-state index in [4.69, 9.17) is 10.5 Å². The second-order valence-corrected chi connectivity index (χ2v) is 3.53. The third kappa shape index (κ3) is 2.78. The lowest BCUT2D eigenvalue weighted by Crippen LogP contribution is -1.95. The average molecular weight is 284 g/mol. The molecule has 0 heterocycles. The van der Waals surface area contributed by atoms with Crippen LogP contribution in [-0.2, 0) is 0 Å². The van der Waals surface area contributed by atoms with Gasteiger partial charge in [-0.1, -0.05) is 0 Å². The molecule has 80 valence electrons. The zero-order valence-electron chi connectivity index (χ0n) is 7.76. The van der Waals surface area contributed by atoms with E-state index in [0.29, 0.717) is 0 Å². The molecule has 6 heteroatoms. The van der Waals surface area contributed by atoms with Crippen molar-refractivity contribution in [3.8, 4) is 12.1 Å². The van der Waals surface area contributed by atoms with Crippen LogP contribution in [0.25, 0.3) is 0 Å². The molecule has 0 saturated carbocycles. The fourth-order valence-corrected chi connectivity index (χ4v) is 1.19. The van der Waals surface area contributed by atoms with E-state index in [1.54, 1.807) is 12.1 Å². The molecule has 1 aromatic rings. The van der Waals surface area contributed by atoms with Crippen molar-refractivity contribution in [3.63, 3.8) is 0 Å². The molecule has 0 bridgehead atoms. The summed E-state index contributed by atoms with van der Waals surface area (Å²) in [5, 5.41) is 19.2. The maximum absolute atomic E-state index is 13.2. The molecular weight excluding hydrogens is 280 g/mol. The largest absolute Gasteiger partial charge is 0.357 e. The monoisotopic (exact) mass is 283 g/mol. The van der Waals surface area contributed by atoms with Gasteiger partial charge in [0.05, 0.1) is 10.2 Å². The first-order valence-corrected chi connectivity index (χ1v) is 4.79. The molecular formula is C10H4BrF2N3. The molecule has 1 rings (SSSR count).